The quantitative estimate of drug-likeness (QED) is 0.404. The zero-order valence-corrected chi connectivity index (χ0v) is 8.25. The molecular formula is C7H14N2O3S. The topological polar surface area (TPSA) is 92.4 Å². The molecular weight excluding hydrogens is 192 g/mol. The van der Waals surface area contributed by atoms with Gasteiger partial charge in [0.2, 0.25) is 5.91 Å². The maximum atomic E-state index is 11.1. The van der Waals surface area contributed by atoms with Crippen LogP contribution in [0.15, 0.2) is 0 Å². The van der Waals surface area contributed by atoms with Crippen LogP contribution in [0.1, 0.15) is 6.92 Å². The first-order chi connectivity index (χ1) is 6.02. The lowest BCUT2D eigenvalue weighted by Gasteiger charge is -2.15. The van der Waals surface area contributed by atoms with Crippen LogP contribution in [-0.2, 0) is 9.59 Å². The Kier molecular flexibility index (Phi) is 5.68. The van der Waals surface area contributed by atoms with E-state index in [1.54, 1.807) is 0 Å². The molecule has 13 heavy (non-hydrogen) atoms. The highest BCUT2D eigenvalue weighted by Gasteiger charge is 2.18. The van der Waals surface area contributed by atoms with Crippen molar-refractivity contribution < 1.29 is 14.7 Å². The molecule has 76 valence electrons. The standard InChI is InChI=1S/C7H14N2O3S/c1-4(11)6(3-13)9-7(12)5(8)2-10/h5-6,10,13H,2-3,8H2,1H3,(H,9,12). The highest BCUT2D eigenvalue weighted by molar-refractivity contribution is 7.80. The first-order valence-electron chi connectivity index (χ1n) is 3.81. The van der Waals surface area contributed by atoms with Gasteiger partial charge in [-0.25, -0.2) is 0 Å². The number of nitrogens with one attached hydrogen (secondary N) is 1. The van der Waals surface area contributed by atoms with Crippen LogP contribution in [0.2, 0.25) is 0 Å². The summed E-state index contributed by atoms with van der Waals surface area (Å²) in [4.78, 5) is 21.9. The second-order valence-corrected chi connectivity index (χ2v) is 3.01. The second kappa shape index (κ2) is 5.95. The molecule has 0 aromatic carbocycles. The van der Waals surface area contributed by atoms with E-state index in [1.165, 1.54) is 6.92 Å². The first-order valence-corrected chi connectivity index (χ1v) is 4.44. The average Bonchev–Trinajstić information content (AvgIpc) is 2.11. The Morgan fingerprint density at radius 3 is 2.46 bits per heavy atom. The monoisotopic (exact) mass is 206 g/mol. The number of nitrogens with two attached hydrogens (primary N) is 1. The van der Waals surface area contributed by atoms with Gasteiger partial charge < -0.3 is 16.2 Å². The number of ketones is 1. The van der Waals surface area contributed by atoms with Gasteiger partial charge in [0.15, 0.2) is 5.78 Å². The van der Waals surface area contributed by atoms with Crippen LogP contribution < -0.4 is 11.1 Å². The van der Waals surface area contributed by atoms with Gasteiger partial charge in [-0.15, -0.1) is 0 Å². The molecule has 0 spiro atoms. The van der Waals surface area contributed by atoms with Crippen molar-refractivity contribution in [3.63, 3.8) is 0 Å². The summed E-state index contributed by atoms with van der Waals surface area (Å²) in [5.74, 6) is -0.510. The van der Waals surface area contributed by atoms with Gasteiger partial charge >= 0.3 is 0 Å². The lowest BCUT2D eigenvalue weighted by atomic mass is 10.2. The van der Waals surface area contributed by atoms with Gasteiger partial charge in [-0.1, -0.05) is 0 Å². The molecule has 0 rings (SSSR count). The van der Waals surface area contributed by atoms with Crippen molar-refractivity contribution >= 4 is 24.3 Å². The van der Waals surface area contributed by atoms with E-state index < -0.39 is 24.6 Å². The number of Topliss-reactive ketones (excluding diaryl/α,β-unsaturated/α-hetero) is 1. The van der Waals surface area contributed by atoms with Crippen molar-refractivity contribution in [2.75, 3.05) is 12.4 Å². The normalized spacial score (nSPS) is 14.8. The van der Waals surface area contributed by atoms with E-state index in [0.717, 1.165) is 0 Å². The molecule has 0 aromatic rings. The van der Waals surface area contributed by atoms with Crippen LogP contribution in [0, 0.1) is 0 Å². The number of carbonyl (C=O) groups excluding carboxylic acids is 2. The molecule has 0 saturated carbocycles. The summed E-state index contributed by atoms with van der Waals surface area (Å²) in [7, 11) is 0. The van der Waals surface area contributed by atoms with E-state index in [2.05, 4.69) is 17.9 Å². The third-order valence-corrected chi connectivity index (χ3v) is 1.89. The zero-order chi connectivity index (χ0) is 10.4. The van der Waals surface area contributed by atoms with Gasteiger partial charge in [-0.05, 0) is 6.92 Å². The Morgan fingerprint density at radius 1 is 1.62 bits per heavy atom. The van der Waals surface area contributed by atoms with Crippen molar-refractivity contribution in [1.82, 2.24) is 5.32 Å². The maximum absolute atomic E-state index is 11.1. The van der Waals surface area contributed by atoms with Gasteiger partial charge in [0.05, 0.1) is 12.6 Å². The predicted octanol–water partition coefficient (Wildman–Crippen LogP) is -1.69. The first kappa shape index (κ1) is 12.4. The van der Waals surface area contributed by atoms with E-state index >= 15 is 0 Å². The van der Waals surface area contributed by atoms with Crippen molar-refractivity contribution in [2.24, 2.45) is 5.73 Å². The van der Waals surface area contributed by atoms with Gasteiger partial charge in [0.25, 0.3) is 0 Å². The van der Waals surface area contributed by atoms with Crippen molar-refractivity contribution in [3.8, 4) is 0 Å². The Hall–Kier alpha value is -0.590. The molecule has 0 aliphatic heterocycles. The van der Waals surface area contributed by atoms with Crippen LogP contribution in [-0.4, -0.2) is 41.2 Å². The van der Waals surface area contributed by atoms with Gasteiger partial charge in [0, 0.05) is 5.75 Å². The lowest BCUT2D eigenvalue weighted by molar-refractivity contribution is -0.127. The highest BCUT2D eigenvalue weighted by atomic mass is 32.1. The largest absolute Gasteiger partial charge is 0.394 e. The molecule has 5 nitrogen and oxygen atoms in total. The third kappa shape index (κ3) is 4.25. The molecule has 0 saturated heterocycles. The smallest absolute Gasteiger partial charge is 0.239 e. The van der Waals surface area contributed by atoms with Crippen molar-refractivity contribution in [3.05, 3.63) is 0 Å². The minimum absolute atomic E-state index is 0.187. The van der Waals surface area contributed by atoms with E-state index in [0.29, 0.717) is 0 Å². The van der Waals surface area contributed by atoms with Gasteiger partial charge in [-0.2, -0.15) is 12.6 Å². The molecule has 0 fully saturated rings. The Bertz CT molecular complexity index is 198. The van der Waals surface area contributed by atoms with Crippen LogP contribution in [0.25, 0.3) is 0 Å². The number of aliphatic hydroxyl groups is 1. The summed E-state index contributed by atoms with van der Waals surface area (Å²) in [6, 6.07) is -1.62. The number of amides is 1. The second-order valence-electron chi connectivity index (χ2n) is 2.64. The summed E-state index contributed by atoms with van der Waals surface area (Å²) in [5, 5.41) is 10.9. The summed E-state index contributed by atoms with van der Waals surface area (Å²) in [6.45, 7) is 0.911. The summed E-state index contributed by atoms with van der Waals surface area (Å²) in [6.07, 6.45) is 0. The molecule has 0 radical (unpaired) electrons. The van der Waals surface area contributed by atoms with E-state index in [4.69, 9.17) is 10.8 Å². The predicted molar refractivity (Wildman–Crippen MR) is 51.5 cm³/mol. The molecule has 4 N–H and O–H groups in total. The number of thiol groups is 1. The number of carbonyl (C=O) groups is 2. The average molecular weight is 206 g/mol. The number of rotatable bonds is 5. The maximum Gasteiger partial charge on any atom is 0.239 e. The number of hydrogen-bond donors (Lipinski definition) is 4. The van der Waals surface area contributed by atoms with E-state index in [-0.39, 0.29) is 11.5 Å². The van der Waals surface area contributed by atoms with E-state index in [9.17, 15) is 9.59 Å². The summed E-state index contributed by atoms with van der Waals surface area (Å²) < 4.78 is 0. The summed E-state index contributed by atoms with van der Waals surface area (Å²) >= 11 is 3.89. The molecule has 2 unspecified atom stereocenters. The van der Waals surface area contributed by atoms with Gasteiger partial charge in [-0.3, -0.25) is 9.59 Å². The molecule has 0 aromatic heterocycles. The molecule has 1 amide bonds. The fraction of sp³-hybridized carbons (Fsp3) is 0.714. The molecule has 0 bridgehead atoms. The van der Waals surface area contributed by atoms with Crippen LogP contribution in [0.5, 0.6) is 0 Å². The fourth-order valence-electron chi connectivity index (χ4n) is 0.638. The van der Waals surface area contributed by atoms with Crippen molar-refractivity contribution in [2.45, 2.75) is 19.0 Å². The van der Waals surface area contributed by atoms with E-state index in [1.807, 2.05) is 0 Å². The molecule has 2 atom stereocenters. The van der Waals surface area contributed by atoms with Crippen LogP contribution in [0.3, 0.4) is 0 Å². The van der Waals surface area contributed by atoms with Crippen LogP contribution in [0.4, 0.5) is 0 Å². The molecule has 0 aliphatic rings. The molecule has 0 aliphatic carbocycles. The third-order valence-electron chi connectivity index (χ3n) is 1.52. The van der Waals surface area contributed by atoms with Gasteiger partial charge in [0.1, 0.15) is 6.04 Å². The van der Waals surface area contributed by atoms with Crippen molar-refractivity contribution in [1.29, 1.82) is 0 Å². The zero-order valence-electron chi connectivity index (χ0n) is 7.36. The Balaban J connectivity index is 4.09. The Morgan fingerprint density at radius 2 is 2.15 bits per heavy atom. The molecule has 0 heterocycles. The lowest BCUT2D eigenvalue weighted by Crippen LogP contribution is -2.50. The number of hydrogen-bond acceptors (Lipinski definition) is 5. The Labute approximate surface area is 82.1 Å². The SMILES string of the molecule is CC(=O)C(CS)NC(=O)C(N)CO. The fourth-order valence-corrected chi connectivity index (χ4v) is 0.986. The number of aliphatic hydroxyl groups excluding tert-OH is 1. The molecule has 6 heteroatoms. The van der Waals surface area contributed by atoms with Crippen LogP contribution >= 0.6 is 12.6 Å². The minimum atomic E-state index is -0.985. The minimum Gasteiger partial charge on any atom is -0.394 e. The highest BCUT2D eigenvalue weighted by Crippen LogP contribution is 1.90. The summed E-state index contributed by atoms with van der Waals surface area (Å²) in [5.41, 5.74) is 5.22.